The lowest BCUT2D eigenvalue weighted by Crippen LogP contribution is -2.39. The summed E-state index contributed by atoms with van der Waals surface area (Å²) < 4.78 is 1.49. The van der Waals surface area contributed by atoms with Crippen LogP contribution in [-0.2, 0) is 27.3 Å². The number of likely N-dealkylation sites (tertiary alicyclic amines) is 1. The minimum absolute atomic E-state index is 0.0164. The molecule has 2 heterocycles. The highest BCUT2D eigenvalue weighted by atomic mass is 16.4. The van der Waals surface area contributed by atoms with Crippen LogP contribution in [0.3, 0.4) is 0 Å². The molecule has 2 atom stereocenters. The number of amides is 2. The maximum atomic E-state index is 13.1. The zero-order chi connectivity index (χ0) is 23.2. The van der Waals surface area contributed by atoms with Crippen molar-refractivity contribution in [3.05, 3.63) is 78.1 Å². The van der Waals surface area contributed by atoms with Crippen molar-refractivity contribution in [2.75, 3.05) is 6.54 Å². The average molecular weight is 447 g/mol. The van der Waals surface area contributed by atoms with E-state index in [-0.39, 0.29) is 18.5 Å². The Morgan fingerprint density at radius 2 is 1.82 bits per heavy atom. The monoisotopic (exact) mass is 446 g/mol. The average Bonchev–Trinajstić information content (AvgIpc) is 3.49. The molecule has 1 fully saturated rings. The van der Waals surface area contributed by atoms with Crippen LogP contribution in [0.1, 0.15) is 30.1 Å². The first-order valence-corrected chi connectivity index (χ1v) is 10.9. The smallest absolute Gasteiger partial charge is 0.328 e. The number of nitrogens with one attached hydrogen (secondary N) is 1. The van der Waals surface area contributed by atoms with Gasteiger partial charge in [0.1, 0.15) is 6.04 Å². The van der Waals surface area contributed by atoms with E-state index in [1.807, 2.05) is 53.4 Å². The number of rotatable bonds is 9. The number of aromatic nitrogens is 2. The second-order valence-electron chi connectivity index (χ2n) is 8.12. The molecular weight excluding hydrogens is 420 g/mol. The van der Waals surface area contributed by atoms with Crippen LogP contribution in [-0.4, -0.2) is 50.7 Å². The fourth-order valence-corrected chi connectivity index (χ4v) is 4.22. The van der Waals surface area contributed by atoms with Gasteiger partial charge in [0.25, 0.3) is 0 Å². The van der Waals surface area contributed by atoms with Crippen LogP contribution in [0.4, 0.5) is 0 Å². The Labute approximate surface area is 191 Å². The maximum Gasteiger partial charge on any atom is 0.328 e. The molecule has 0 bridgehead atoms. The summed E-state index contributed by atoms with van der Waals surface area (Å²) in [7, 11) is 0. The highest BCUT2D eigenvalue weighted by Crippen LogP contribution is 2.31. The van der Waals surface area contributed by atoms with Gasteiger partial charge < -0.3 is 15.3 Å². The molecule has 170 valence electrons. The molecule has 0 aliphatic carbocycles. The third-order valence-corrected chi connectivity index (χ3v) is 5.93. The molecule has 0 spiro atoms. The Kier molecular flexibility index (Phi) is 6.83. The molecule has 1 aliphatic heterocycles. The van der Waals surface area contributed by atoms with Gasteiger partial charge in [0.05, 0.1) is 24.7 Å². The van der Waals surface area contributed by atoms with Gasteiger partial charge in [0.2, 0.25) is 12.3 Å². The number of benzene rings is 2. The van der Waals surface area contributed by atoms with Crippen LogP contribution >= 0.6 is 0 Å². The summed E-state index contributed by atoms with van der Waals surface area (Å²) in [5.41, 5.74) is 3.94. The zero-order valence-corrected chi connectivity index (χ0v) is 18.1. The van der Waals surface area contributed by atoms with Crippen LogP contribution in [0.25, 0.3) is 11.1 Å². The molecule has 2 aromatic carbocycles. The first kappa shape index (κ1) is 22.3. The second kappa shape index (κ2) is 10.1. The van der Waals surface area contributed by atoms with Crippen LogP contribution in [0, 0.1) is 0 Å². The zero-order valence-electron chi connectivity index (χ0n) is 18.1. The van der Waals surface area contributed by atoms with E-state index in [1.54, 1.807) is 6.20 Å². The van der Waals surface area contributed by atoms with E-state index in [0.717, 1.165) is 35.2 Å². The number of hydrogen-bond acceptors (Lipinski definition) is 4. The number of hydrogen-bond donors (Lipinski definition) is 2. The Hall–Kier alpha value is -3.94. The fraction of sp³-hybridized carbons (Fsp3) is 0.280. The van der Waals surface area contributed by atoms with Crippen LogP contribution in [0.15, 0.2) is 66.9 Å². The Bertz CT molecular complexity index is 1110. The molecule has 1 aliphatic rings. The largest absolute Gasteiger partial charge is 0.480 e. The lowest BCUT2D eigenvalue weighted by molar-refractivity contribution is -0.141. The number of carbonyl (C=O) groups is 3. The lowest BCUT2D eigenvalue weighted by atomic mass is 10.0. The number of carbonyl (C=O) groups excluding carboxylic acids is 2. The minimum atomic E-state index is -1.13. The summed E-state index contributed by atoms with van der Waals surface area (Å²) in [6.07, 6.45) is 4.07. The predicted octanol–water partition coefficient (Wildman–Crippen LogP) is 2.66. The number of aliphatic carboxylic acids is 1. The van der Waals surface area contributed by atoms with Gasteiger partial charge in [0, 0.05) is 12.7 Å². The lowest BCUT2D eigenvalue weighted by Gasteiger charge is -2.23. The Morgan fingerprint density at radius 3 is 2.52 bits per heavy atom. The van der Waals surface area contributed by atoms with Gasteiger partial charge in [-0.05, 0) is 35.6 Å². The highest BCUT2D eigenvalue weighted by molar-refractivity contribution is 5.80. The molecule has 8 nitrogen and oxygen atoms in total. The molecule has 3 aromatic rings. The fourth-order valence-electron chi connectivity index (χ4n) is 4.22. The SMILES string of the molecule is O=CNC(Cn1ccc(C2CCCN2C(=O)Cc2ccc(-c3ccccc3)cc2)n1)C(=O)O. The molecule has 0 saturated carbocycles. The first-order valence-electron chi connectivity index (χ1n) is 10.9. The summed E-state index contributed by atoms with van der Waals surface area (Å²) >= 11 is 0. The van der Waals surface area contributed by atoms with E-state index in [9.17, 15) is 19.5 Å². The standard InChI is InChI=1S/C25H26N4O4/c30-17-26-22(25(32)33)16-28-14-12-21(27-28)23-7-4-13-29(23)24(31)15-18-8-10-20(11-9-18)19-5-2-1-3-6-19/h1-3,5-6,8-12,14,17,22-23H,4,7,13,15-16H2,(H,26,30)(H,32,33). The molecule has 33 heavy (non-hydrogen) atoms. The first-order chi connectivity index (χ1) is 16.0. The third-order valence-electron chi connectivity index (χ3n) is 5.93. The summed E-state index contributed by atoms with van der Waals surface area (Å²) in [4.78, 5) is 36.8. The van der Waals surface area contributed by atoms with Crippen molar-refractivity contribution in [1.29, 1.82) is 0 Å². The van der Waals surface area contributed by atoms with E-state index < -0.39 is 12.0 Å². The number of nitrogens with zero attached hydrogens (tertiary/aromatic N) is 3. The van der Waals surface area contributed by atoms with Gasteiger partial charge in [-0.25, -0.2) is 4.79 Å². The van der Waals surface area contributed by atoms with Crippen LogP contribution < -0.4 is 5.32 Å². The van der Waals surface area contributed by atoms with Crippen molar-refractivity contribution in [2.45, 2.75) is 37.9 Å². The van der Waals surface area contributed by atoms with Crippen molar-refractivity contribution in [3.63, 3.8) is 0 Å². The predicted molar refractivity (Wildman–Crippen MR) is 122 cm³/mol. The van der Waals surface area contributed by atoms with Gasteiger partial charge in [-0.2, -0.15) is 5.10 Å². The van der Waals surface area contributed by atoms with E-state index in [2.05, 4.69) is 22.5 Å². The third kappa shape index (κ3) is 5.28. The molecule has 2 unspecified atom stereocenters. The molecule has 0 radical (unpaired) electrons. The maximum absolute atomic E-state index is 13.1. The van der Waals surface area contributed by atoms with Gasteiger partial charge in [-0.3, -0.25) is 14.3 Å². The highest BCUT2D eigenvalue weighted by Gasteiger charge is 2.31. The molecule has 4 rings (SSSR count). The van der Waals surface area contributed by atoms with Crippen molar-refractivity contribution < 1.29 is 19.5 Å². The second-order valence-corrected chi connectivity index (χ2v) is 8.12. The van der Waals surface area contributed by atoms with Crippen molar-refractivity contribution in [3.8, 4) is 11.1 Å². The summed E-state index contributed by atoms with van der Waals surface area (Å²) in [5.74, 6) is -1.08. The summed E-state index contributed by atoms with van der Waals surface area (Å²) in [6, 6.07) is 18.8. The molecule has 1 aromatic heterocycles. The normalized spacial score (nSPS) is 16.4. The molecule has 2 amide bonds. The number of carboxylic acids is 1. The number of carboxylic acid groups (broad SMARTS) is 1. The van der Waals surface area contributed by atoms with Crippen LogP contribution in [0.5, 0.6) is 0 Å². The van der Waals surface area contributed by atoms with Gasteiger partial charge in [-0.1, -0.05) is 54.6 Å². The van der Waals surface area contributed by atoms with Crippen LogP contribution in [0.2, 0.25) is 0 Å². The molecule has 2 N–H and O–H groups in total. The topological polar surface area (TPSA) is 105 Å². The van der Waals surface area contributed by atoms with E-state index in [4.69, 9.17) is 0 Å². The van der Waals surface area contributed by atoms with Crippen molar-refractivity contribution in [1.82, 2.24) is 20.0 Å². The van der Waals surface area contributed by atoms with Gasteiger partial charge >= 0.3 is 5.97 Å². The summed E-state index contributed by atoms with van der Waals surface area (Å²) in [5, 5.41) is 16.0. The van der Waals surface area contributed by atoms with Crippen molar-refractivity contribution >= 4 is 18.3 Å². The van der Waals surface area contributed by atoms with Gasteiger partial charge in [0.15, 0.2) is 0 Å². The minimum Gasteiger partial charge on any atom is -0.480 e. The van der Waals surface area contributed by atoms with Gasteiger partial charge in [-0.15, -0.1) is 0 Å². The van der Waals surface area contributed by atoms with E-state index >= 15 is 0 Å². The Morgan fingerprint density at radius 1 is 1.09 bits per heavy atom. The van der Waals surface area contributed by atoms with Crippen molar-refractivity contribution in [2.24, 2.45) is 0 Å². The summed E-state index contributed by atoms with van der Waals surface area (Å²) in [6.45, 7) is 0.686. The molecule has 8 heteroatoms. The van der Waals surface area contributed by atoms with E-state index in [0.29, 0.717) is 19.4 Å². The Balaban J connectivity index is 1.41. The quantitative estimate of drug-likeness (QED) is 0.492. The molecular formula is C25H26N4O4. The molecule has 1 saturated heterocycles. The van der Waals surface area contributed by atoms with E-state index in [1.165, 1.54) is 4.68 Å².